The van der Waals surface area contributed by atoms with Crippen LogP contribution in [-0.4, -0.2) is 47.8 Å². The van der Waals surface area contributed by atoms with E-state index < -0.39 is 23.4 Å². The molecule has 8 heteroatoms. The molecule has 0 saturated carbocycles. The number of hydrogen-bond acceptors (Lipinski definition) is 4. The summed E-state index contributed by atoms with van der Waals surface area (Å²) in [5.41, 5.74) is -0.188. The van der Waals surface area contributed by atoms with Gasteiger partial charge in [0.25, 0.3) is 0 Å². The SMILES string of the molecule is CC(c1ccc(Cl)cc1)N1C(C(F)(F)F)=CSC1N(C)C1CCOCC1. The number of alkyl halides is 3. The van der Waals surface area contributed by atoms with Crippen LogP contribution in [0, 0.1) is 0 Å². The van der Waals surface area contributed by atoms with Crippen molar-refractivity contribution in [3.63, 3.8) is 0 Å². The third-order valence-corrected chi connectivity index (χ3v) is 6.41. The summed E-state index contributed by atoms with van der Waals surface area (Å²) in [4.78, 5) is 3.53. The highest BCUT2D eigenvalue weighted by Crippen LogP contribution is 2.46. The zero-order valence-corrected chi connectivity index (χ0v) is 16.2. The van der Waals surface area contributed by atoms with Crippen molar-refractivity contribution in [1.29, 1.82) is 0 Å². The van der Waals surface area contributed by atoms with Gasteiger partial charge in [0.2, 0.25) is 0 Å². The predicted octanol–water partition coefficient (Wildman–Crippen LogP) is 5.25. The molecule has 2 atom stereocenters. The van der Waals surface area contributed by atoms with E-state index in [0.717, 1.165) is 18.4 Å². The zero-order chi connectivity index (χ0) is 18.9. The molecule has 0 spiro atoms. The summed E-state index contributed by atoms with van der Waals surface area (Å²) in [7, 11) is 1.91. The van der Waals surface area contributed by atoms with Crippen LogP contribution in [0.15, 0.2) is 35.4 Å². The first-order valence-electron chi connectivity index (χ1n) is 8.55. The fourth-order valence-corrected chi connectivity index (χ4v) is 4.87. The van der Waals surface area contributed by atoms with Crippen LogP contribution < -0.4 is 0 Å². The van der Waals surface area contributed by atoms with E-state index in [0.29, 0.717) is 18.2 Å². The summed E-state index contributed by atoms with van der Waals surface area (Å²) in [5, 5.41) is 1.81. The second-order valence-electron chi connectivity index (χ2n) is 6.61. The second kappa shape index (κ2) is 8.00. The summed E-state index contributed by atoms with van der Waals surface area (Å²) in [5.74, 6) is 0. The molecule has 2 unspecified atom stereocenters. The van der Waals surface area contributed by atoms with E-state index >= 15 is 0 Å². The Balaban J connectivity index is 1.88. The summed E-state index contributed by atoms with van der Waals surface area (Å²) in [6.07, 6.45) is -2.73. The van der Waals surface area contributed by atoms with Crippen molar-refractivity contribution in [3.05, 3.63) is 46.0 Å². The molecule has 26 heavy (non-hydrogen) atoms. The van der Waals surface area contributed by atoms with Crippen LogP contribution in [0.1, 0.15) is 31.4 Å². The van der Waals surface area contributed by atoms with Gasteiger partial charge in [-0.15, -0.1) is 0 Å². The van der Waals surface area contributed by atoms with Crippen molar-refractivity contribution in [3.8, 4) is 0 Å². The maximum atomic E-state index is 13.6. The lowest BCUT2D eigenvalue weighted by molar-refractivity contribution is -0.121. The van der Waals surface area contributed by atoms with Gasteiger partial charge in [-0.1, -0.05) is 35.5 Å². The summed E-state index contributed by atoms with van der Waals surface area (Å²) in [6, 6.07) is 6.78. The average molecular weight is 407 g/mol. The number of hydrogen-bond donors (Lipinski definition) is 0. The Labute approximate surface area is 161 Å². The van der Waals surface area contributed by atoms with Gasteiger partial charge in [-0.2, -0.15) is 13.2 Å². The molecule has 0 bridgehead atoms. The molecule has 0 amide bonds. The molecule has 1 aromatic rings. The number of halogens is 4. The van der Waals surface area contributed by atoms with Gasteiger partial charge in [-0.05, 0) is 44.5 Å². The van der Waals surface area contributed by atoms with Crippen molar-refractivity contribution in [2.75, 3.05) is 20.3 Å². The fourth-order valence-electron chi connectivity index (χ4n) is 3.45. The Hall–Kier alpha value is -0.890. The highest BCUT2D eigenvalue weighted by Gasteiger charge is 2.47. The van der Waals surface area contributed by atoms with E-state index in [1.807, 2.05) is 7.05 Å². The molecule has 3 nitrogen and oxygen atoms in total. The Morgan fingerprint density at radius 3 is 2.42 bits per heavy atom. The highest BCUT2D eigenvalue weighted by molar-refractivity contribution is 8.02. The smallest absolute Gasteiger partial charge is 0.381 e. The van der Waals surface area contributed by atoms with Gasteiger partial charge < -0.3 is 9.64 Å². The molecule has 1 fully saturated rings. The second-order valence-corrected chi connectivity index (χ2v) is 7.97. The molecule has 2 heterocycles. The van der Waals surface area contributed by atoms with E-state index in [2.05, 4.69) is 4.90 Å². The summed E-state index contributed by atoms with van der Waals surface area (Å²) in [6.45, 7) is 3.11. The van der Waals surface area contributed by atoms with Crippen molar-refractivity contribution in [1.82, 2.24) is 9.80 Å². The average Bonchev–Trinajstić information content (AvgIpc) is 3.07. The van der Waals surface area contributed by atoms with Crippen molar-refractivity contribution >= 4 is 23.4 Å². The Kier molecular flexibility index (Phi) is 6.11. The predicted molar refractivity (Wildman–Crippen MR) is 98.8 cm³/mol. The molecular weight excluding hydrogens is 385 g/mol. The Morgan fingerprint density at radius 1 is 1.23 bits per heavy atom. The minimum absolute atomic E-state index is 0.210. The third kappa shape index (κ3) is 4.16. The van der Waals surface area contributed by atoms with E-state index in [4.69, 9.17) is 16.3 Å². The minimum Gasteiger partial charge on any atom is -0.381 e. The lowest BCUT2D eigenvalue weighted by atomic mass is 10.1. The minimum atomic E-state index is -4.39. The van der Waals surface area contributed by atoms with Crippen LogP contribution >= 0.6 is 23.4 Å². The van der Waals surface area contributed by atoms with Crippen LogP contribution in [0.2, 0.25) is 5.02 Å². The van der Waals surface area contributed by atoms with Gasteiger partial charge in [-0.25, -0.2) is 0 Å². The van der Waals surface area contributed by atoms with E-state index in [9.17, 15) is 13.2 Å². The molecular formula is C18H22ClF3N2OS. The van der Waals surface area contributed by atoms with Gasteiger partial charge >= 0.3 is 6.18 Å². The number of ether oxygens (including phenoxy) is 1. The van der Waals surface area contributed by atoms with Crippen LogP contribution in [0.25, 0.3) is 0 Å². The quantitative estimate of drug-likeness (QED) is 0.678. The number of nitrogens with zero attached hydrogens (tertiary/aromatic N) is 2. The normalized spacial score (nSPS) is 23.4. The molecule has 0 radical (unpaired) electrons. The van der Waals surface area contributed by atoms with Crippen molar-refractivity contribution in [2.24, 2.45) is 0 Å². The molecule has 1 saturated heterocycles. The zero-order valence-electron chi connectivity index (χ0n) is 14.7. The molecule has 144 valence electrons. The van der Waals surface area contributed by atoms with E-state index in [1.165, 1.54) is 22.1 Å². The van der Waals surface area contributed by atoms with Crippen LogP contribution in [0.4, 0.5) is 13.2 Å². The first-order chi connectivity index (χ1) is 12.3. The monoisotopic (exact) mass is 406 g/mol. The maximum Gasteiger partial charge on any atom is 0.431 e. The molecule has 0 N–H and O–H groups in total. The lowest BCUT2D eigenvalue weighted by Crippen LogP contribution is -2.50. The molecule has 2 aliphatic heterocycles. The summed E-state index contributed by atoms with van der Waals surface area (Å²) >= 11 is 7.15. The summed E-state index contributed by atoms with van der Waals surface area (Å²) < 4.78 is 46.3. The van der Waals surface area contributed by atoms with E-state index in [-0.39, 0.29) is 6.04 Å². The highest BCUT2D eigenvalue weighted by atomic mass is 35.5. The number of benzene rings is 1. The molecule has 3 rings (SSSR count). The van der Waals surface area contributed by atoms with E-state index in [1.54, 1.807) is 31.2 Å². The largest absolute Gasteiger partial charge is 0.431 e. The fraction of sp³-hybridized carbons (Fsp3) is 0.556. The van der Waals surface area contributed by atoms with Crippen molar-refractivity contribution in [2.45, 2.75) is 43.5 Å². The van der Waals surface area contributed by atoms with Gasteiger partial charge in [0, 0.05) is 29.7 Å². The molecule has 0 aromatic heterocycles. The Bertz CT molecular complexity index is 647. The number of rotatable bonds is 4. The van der Waals surface area contributed by atoms with Crippen LogP contribution in [0.5, 0.6) is 0 Å². The molecule has 1 aromatic carbocycles. The van der Waals surface area contributed by atoms with Gasteiger partial charge in [0.15, 0.2) is 0 Å². The molecule has 0 aliphatic carbocycles. The van der Waals surface area contributed by atoms with Gasteiger partial charge in [0.1, 0.15) is 11.2 Å². The number of thioether (sulfide) groups is 1. The topological polar surface area (TPSA) is 15.7 Å². The lowest BCUT2D eigenvalue weighted by Gasteiger charge is -2.43. The maximum absolute atomic E-state index is 13.6. The third-order valence-electron chi connectivity index (χ3n) is 4.99. The van der Waals surface area contributed by atoms with Gasteiger partial charge in [-0.3, -0.25) is 4.90 Å². The molecule has 2 aliphatic rings. The number of allylic oxidation sites excluding steroid dienone is 1. The van der Waals surface area contributed by atoms with Crippen molar-refractivity contribution < 1.29 is 17.9 Å². The van der Waals surface area contributed by atoms with Crippen LogP contribution in [0.3, 0.4) is 0 Å². The standard InChI is InChI=1S/C18H22ClF3N2OS/c1-12(13-3-5-14(19)6-4-13)24-16(18(20,21)22)11-26-17(24)23(2)15-7-9-25-10-8-15/h3-6,11-12,15,17H,7-10H2,1-2H3. The first kappa shape index (κ1) is 19.9. The first-order valence-corrected chi connectivity index (χ1v) is 9.87. The Morgan fingerprint density at radius 2 is 1.85 bits per heavy atom. The van der Waals surface area contributed by atoms with Gasteiger partial charge in [0.05, 0.1) is 6.04 Å². The van der Waals surface area contributed by atoms with Crippen LogP contribution in [-0.2, 0) is 4.74 Å².